The number of hydrogen-bond acceptors (Lipinski definition) is 4. The molecule has 0 saturated heterocycles. The van der Waals surface area contributed by atoms with E-state index in [9.17, 15) is 14.3 Å². The lowest BCUT2D eigenvalue weighted by molar-refractivity contribution is 0.173. The second-order valence-electron chi connectivity index (χ2n) is 4.91. The van der Waals surface area contributed by atoms with E-state index in [0.29, 0.717) is 11.3 Å². The van der Waals surface area contributed by atoms with Gasteiger partial charge in [-0.3, -0.25) is 9.67 Å². The first kappa shape index (κ1) is 15.9. The number of aromatic nitrogens is 3. The molecule has 0 bridgehead atoms. The van der Waals surface area contributed by atoms with Gasteiger partial charge in [0.2, 0.25) is 0 Å². The van der Waals surface area contributed by atoms with Crippen molar-refractivity contribution in [3.8, 4) is 0 Å². The molecule has 22 heavy (non-hydrogen) atoms. The summed E-state index contributed by atoms with van der Waals surface area (Å²) in [6.07, 6.45) is 1.49. The van der Waals surface area contributed by atoms with Crippen LogP contribution in [0.4, 0.5) is 14.9 Å². The molecular weight excluding hydrogens is 289 g/mol. The van der Waals surface area contributed by atoms with Gasteiger partial charge in [0.1, 0.15) is 0 Å². The minimum absolute atomic E-state index is 0.00803. The normalized spacial score (nSPS) is 12.0. The van der Waals surface area contributed by atoms with E-state index in [2.05, 4.69) is 20.7 Å². The summed E-state index contributed by atoms with van der Waals surface area (Å²) in [6.45, 7) is 3.62. The van der Waals surface area contributed by atoms with E-state index in [0.717, 1.165) is 11.9 Å². The number of aliphatic hydroxyl groups is 1. The second-order valence-corrected chi connectivity index (χ2v) is 4.91. The molecule has 0 fully saturated rings. The summed E-state index contributed by atoms with van der Waals surface area (Å²) >= 11 is 0. The summed E-state index contributed by atoms with van der Waals surface area (Å²) in [5.41, 5.74) is 2.23. The predicted molar refractivity (Wildman–Crippen MR) is 78.9 cm³/mol. The lowest BCUT2D eigenvalue weighted by atomic mass is 10.1. The van der Waals surface area contributed by atoms with E-state index in [4.69, 9.17) is 0 Å². The first-order valence-electron chi connectivity index (χ1n) is 6.72. The van der Waals surface area contributed by atoms with E-state index in [1.807, 2.05) is 6.92 Å². The van der Waals surface area contributed by atoms with Crippen LogP contribution in [-0.4, -0.2) is 32.4 Å². The van der Waals surface area contributed by atoms with Crippen LogP contribution in [0, 0.1) is 19.7 Å². The number of aryl methyl sites for hydroxylation is 2. The molecule has 0 saturated carbocycles. The Kier molecular flexibility index (Phi) is 4.71. The van der Waals surface area contributed by atoms with Crippen LogP contribution in [0.25, 0.3) is 0 Å². The number of aliphatic hydroxyl groups excluding tert-OH is 1. The number of rotatable bonds is 4. The molecule has 2 rings (SSSR count). The molecule has 0 radical (unpaired) electrons. The summed E-state index contributed by atoms with van der Waals surface area (Å²) in [6, 6.07) is 0.740. The Bertz CT molecular complexity index is 686. The molecule has 1 atom stereocenters. The molecule has 0 aliphatic rings. The van der Waals surface area contributed by atoms with Crippen LogP contribution >= 0.6 is 0 Å². The molecule has 8 heteroatoms. The van der Waals surface area contributed by atoms with Gasteiger partial charge in [-0.1, -0.05) is 0 Å². The Balaban J connectivity index is 1.95. The third-order valence-electron chi connectivity index (χ3n) is 3.37. The highest BCUT2D eigenvalue weighted by Crippen LogP contribution is 2.20. The molecule has 0 aromatic carbocycles. The number of carbonyl (C=O) groups is 1. The number of halogens is 1. The average molecular weight is 307 g/mol. The molecule has 3 N–H and O–H groups in total. The number of urea groups is 1. The zero-order valence-electron chi connectivity index (χ0n) is 12.6. The first-order valence-corrected chi connectivity index (χ1v) is 6.72. The van der Waals surface area contributed by atoms with Crippen molar-refractivity contribution in [2.24, 2.45) is 7.05 Å². The molecule has 0 aliphatic carbocycles. The third kappa shape index (κ3) is 3.40. The van der Waals surface area contributed by atoms with E-state index < -0.39 is 18.0 Å². The van der Waals surface area contributed by atoms with Crippen molar-refractivity contribution in [1.29, 1.82) is 0 Å². The minimum atomic E-state index is -0.887. The van der Waals surface area contributed by atoms with Gasteiger partial charge >= 0.3 is 6.03 Å². The maximum Gasteiger partial charge on any atom is 0.319 e. The highest BCUT2D eigenvalue weighted by atomic mass is 19.1. The molecule has 2 aromatic rings. The summed E-state index contributed by atoms with van der Waals surface area (Å²) in [7, 11) is 1.78. The number of amides is 2. The van der Waals surface area contributed by atoms with Crippen molar-refractivity contribution in [2.75, 3.05) is 11.9 Å². The van der Waals surface area contributed by atoms with Gasteiger partial charge in [-0.15, -0.1) is 0 Å². The Morgan fingerprint density at radius 3 is 2.82 bits per heavy atom. The van der Waals surface area contributed by atoms with E-state index in [1.54, 1.807) is 18.7 Å². The van der Waals surface area contributed by atoms with Crippen LogP contribution in [0.5, 0.6) is 0 Å². The van der Waals surface area contributed by atoms with Crippen molar-refractivity contribution in [2.45, 2.75) is 20.0 Å². The largest absolute Gasteiger partial charge is 0.386 e. The number of carbonyl (C=O) groups excluding carboxylic acids is 1. The van der Waals surface area contributed by atoms with Crippen molar-refractivity contribution in [3.05, 3.63) is 41.2 Å². The van der Waals surface area contributed by atoms with Crippen LogP contribution < -0.4 is 10.6 Å². The fourth-order valence-corrected chi connectivity index (χ4v) is 2.21. The molecular formula is C14H18FN5O2. The second kappa shape index (κ2) is 6.52. The van der Waals surface area contributed by atoms with E-state index in [-0.39, 0.29) is 12.2 Å². The SMILES string of the molecule is Cc1nn(C)c(C)c1C(O)CNC(=O)Nc1ccncc1F. The van der Waals surface area contributed by atoms with Crippen LogP contribution in [0.2, 0.25) is 0 Å². The minimum Gasteiger partial charge on any atom is -0.386 e. The van der Waals surface area contributed by atoms with Crippen molar-refractivity contribution in [3.63, 3.8) is 0 Å². The number of anilines is 1. The molecule has 118 valence electrons. The molecule has 1 unspecified atom stereocenters. The number of hydrogen-bond donors (Lipinski definition) is 3. The Morgan fingerprint density at radius 2 is 2.23 bits per heavy atom. The summed E-state index contributed by atoms with van der Waals surface area (Å²) < 4.78 is 15.0. The third-order valence-corrected chi connectivity index (χ3v) is 3.37. The van der Waals surface area contributed by atoms with Crippen LogP contribution in [0.1, 0.15) is 23.1 Å². The fraction of sp³-hybridized carbons (Fsp3) is 0.357. The number of nitrogens with zero attached hydrogens (tertiary/aromatic N) is 3. The van der Waals surface area contributed by atoms with Gasteiger partial charge in [0.15, 0.2) is 5.82 Å². The molecule has 0 aliphatic heterocycles. The maximum absolute atomic E-state index is 13.4. The van der Waals surface area contributed by atoms with E-state index in [1.165, 1.54) is 12.3 Å². The maximum atomic E-state index is 13.4. The Hall–Kier alpha value is -2.48. The number of pyridine rings is 1. The predicted octanol–water partition coefficient (Wildman–Crippen LogP) is 1.43. The monoisotopic (exact) mass is 307 g/mol. The lowest BCUT2D eigenvalue weighted by Crippen LogP contribution is -2.33. The van der Waals surface area contributed by atoms with Crippen LogP contribution in [-0.2, 0) is 7.05 Å². The molecule has 2 heterocycles. The molecule has 0 spiro atoms. The quantitative estimate of drug-likeness (QED) is 0.796. The molecule has 2 aromatic heterocycles. The van der Waals surface area contributed by atoms with Crippen molar-refractivity contribution < 1.29 is 14.3 Å². The van der Waals surface area contributed by atoms with Gasteiger partial charge in [-0.2, -0.15) is 5.10 Å². The first-order chi connectivity index (χ1) is 10.4. The van der Waals surface area contributed by atoms with Crippen molar-refractivity contribution in [1.82, 2.24) is 20.1 Å². The van der Waals surface area contributed by atoms with Gasteiger partial charge in [-0.05, 0) is 19.9 Å². The zero-order chi connectivity index (χ0) is 16.3. The Morgan fingerprint density at radius 1 is 1.50 bits per heavy atom. The number of nitrogens with one attached hydrogen (secondary N) is 2. The standard InChI is InChI=1S/C14H18FN5O2/c1-8-13(9(2)20(3)19-8)12(21)7-17-14(22)18-11-4-5-16-6-10(11)15/h4-6,12,21H,7H2,1-3H3,(H2,16,17,18,22). The topological polar surface area (TPSA) is 92.1 Å². The molecule has 7 nitrogen and oxygen atoms in total. The summed E-state index contributed by atoms with van der Waals surface area (Å²) in [5.74, 6) is -0.628. The zero-order valence-corrected chi connectivity index (χ0v) is 12.6. The highest BCUT2D eigenvalue weighted by molar-refractivity contribution is 5.89. The summed E-state index contributed by atoms with van der Waals surface area (Å²) in [4.78, 5) is 15.3. The van der Waals surface area contributed by atoms with Gasteiger partial charge in [0, 0.05) is 31.0 Å². The van der Waals surface area contributed by atoms with Gasteiger partial charge in [0.25, 0.3) is 0 Å². The average Bonchev–Trinajstić information content (AvgIpc) is 2.72. The lowest BCUT2D eigenvalue weighted by Gasteiger charge is -2.13. The summed E-state index contributed by atoms with van der Waals surface area (Å²) in [5, 5.41) is 19.2. The highest BCUT2D eigenvalue weighted by Gasteiger charge is 2.18. The van der Waals surface area contributed by atoms with Gasteiger partial charge < -0.3 is 15.7 Å². The Labute approximate surface area is 127 Å². The smallest absolute Gasteiger partial charge is 0.319 e. The van der Waals surface area contributed by atoms with E-state index >= 15 is 0 Å². The van der Waals surface area contributed by atoms with Gasteiger partial charge in [-0.25, -0.2) is 9.18 Å². The fourth-order valence-electron chi connectivity index (χ4n) is 2.21. The van der Waals surface area contributed by atoms with Crippen LogP contribution in [0.15, 0.2) is 18.5 Å². The molecule has 2 amide bonds. The van der Waals surface area contributed by atoms with Crippen LogP contribution in [0.3, 0.4) is 0 Å². The van der Waals surface area contributed by atoms with Gasteiger partial charge in [0.05, 0.1) is 23.7 Å². The van der Waals surface area contributed by atoms with Crippen molar-refractivity contribution >= 4 is 11.7 Å².